The van der Waals surface area contributed by atoms with Gasteiger partial charge in [-0.15, -0.1) is 0 Å². The minimum atomic E-state index is -0.662. The maximum Gasteiger partial charge on any atom is 0.175 e. The van der Waals surface area contributed by atoms with E-state index < -0.39 is 5.41 Å². The highest BCUT2D eigenvalue weighted by Gasteiger charge is 2.44. The van der Waals surface area contributed by atoms with Crippen molar-refractivity contribution < 1.29 is 9.90 Å². The lowest BCUT2D eigenvalue weighted by Crippen LogP contribution is -2.29. The first-order valence-corrected chi connectivity index (χ1v) is 7.01. The van der Waals surface area contributed by atoms with Crippen LogP contribution in [0.1, 0.15) is 28.4 Å². The van der Waals surface area contributed by atoms with Crippen LogP contribution in [0.25, 0.3) is 0 Å². The number of Topliss-reactive ketones (excluding diaryl/α,β-unsaturated/α-hetero) is 1. The van der Waals surface area contributed by atoms with Gasteiger partial charge in [0.15, 0.2) is 5.78 Å². The van der Waals surface area contributed by atoms with Crippen molar-refractivity contribution >= 4 is 29.0 Å². The zero-order valence-electron chi connectivity index (χ0n) is 10.8. The summed E-state index contributed by atoms with van der Waals surface area (Å²) >= 11 is 12.1. The second-order valence-corrected chi connectivity index (χ2v) is 6.02. The fourth-order valence-corrected chi connectivity index (χ4v) is 3.28. The topological polar surface area (TPSA) is 37.3 Å². The quantitative estimate of drug-likeness (QED) is 0.848. The van der Waals surface area contributed by atoms with Gasteiger partial charge in [-0.25, -0.2) is 0 Å². The van der Waals surface area contributed by atoms with Crippen molar-refractivity contribution in [2.24, 2.45) is 0 Å². The monoisotopic (exact) mass is 306 g/mol. The van der Waals surface area contributed by atoms with Gasteiger partial charge in [0.1, 0.15) is 10.8 Å². The lowest BCUT2D eigenvalue weighted by Gasteiger charge is -2.22. The van der Waals surface area contributed by atoms with Gasteiger partial charge in [-0.1, -0.05) is 53.5 Å². The van der Waals surface area contributed by atoms with E-state index in [0.717, 1.165) is 11.1 Å². The van der Waals surface area contributed by atoms with Gasteiger partial charge in [-0.05, 0) is 30.5 Å². The highest BCUT2D eigenvalue weighted by Crippen LogP contribution is 2.46. The van der Waals surface area contributed by atoms with Gasteiger partial charge in [0.2, 0.25) is 0 Å². The van der Waals surface area contributed by atoms with Gasteiger partial charge in [-0.3, -0.25) is 4.79 Å². The molecule has 0 unspecified atom stereocenters. The van der Waals surface area contributed by atoms with Crippen molar-refractivity contribution in [3.8, 4) is 5.75 Å². The van der Waals surface area contributed by atoms with Gasteiger partial charge in [0.25, 0.3) is 0 Å². The van der Waals surface area contributed by atoms with Crippen LogP contribution in [0.5, 0.6) is 5.75 Å². The molecule has 0 amide bonds. The molecule has 102 valence electrons. The summed E-state index contributed by atoms with van der Waals surface area (Å²) in [6, 6.07) is 11.1. The number of hydrogen-bond donors (Lipinski definition) is 1. The van der Waals surface area contributed by atoms with E-state index in [0.29, 0.717) is 12.0 Å². The molecule has 0 spiro atoms. The molecule has 0 heterocycles. The van der Waals surface area contributed by atoms with Gasteiger partial charge >= 0.3 is 0 Å². The summed E-state index contributed by atoms with van der Waals surface area (Å²) < 4.78 is 0. The number of fused-ring (bicyclic) bond motifs is 1. The van der Waals surface area contributed by atoms with Crippen LogP contribution in [0.2, 0.25) is 10.0 Å². The number of hydrogen-bond acceptors (Lipinski definition) is 2. The first kappa shape index (κ1) is 13.5. The first-order chi connectivity index (χ1) is 9.45. The second kappa shape index (κ2) is 4.51. The number of phenols is 1. The molecule has 1 aliphatic rings. The van der Waals surface area contributed by atoms with Gasteiger partial charge in [-0.2, -0.15) is 0 Å². The highest BCUT2D eigenvalue weighted by molar-refractivity contribution is 6.45. The molecule has 0 fully saturated rings. The molecule has 0 saturated heterocycles. The summed E-state index contributed by atoms with van der Waals surface area (Å²) in [7, 11) is 0. The fraction of sp³-hybridized carbons (Fsp3) is 0.188. The number of halogens is 2. The van der Waals surface area contributed by atoms with Crippen molar-refractivity contribution in [3.63, 3.8) is 0 Å². The Morgan fingerprint density at radius 2 is 1.80 bits per heavy atom. The third-order valence-electron chi connectivity index (χ3n) is 3.95. The van der Waals surface area contributed by atoms with E-state index in [2.05, 4.69) is 0 Å². The van der Waals surface area contributed by atoms with Crippen LogP contribution in [0.3, 0.4) is 0 Å². The zero-order chi connectivity index (χ0) is 14.5. The van der Waals surface area contributed by atoms with E-state index in [4.69, 9.17) is 23.2 Å². The molecule has 20 heavy (non-hydrogen) atoms. The van der Waals surface area contributed by atoms with Crippen molar-refractivity contribution in [1.82, 2.24) is 0 Å². The maximum atomic E-state index is 12.8. The fourth-order valence-electron chi connectivity index (χ4n) is 2.82. The Balaban J connectivity index is 2.19. The molecule has 0 aromatic heterocycles. The lowest BCUT2D eigenvalue weighted by atomic mass is 9.79. The van der Waals surface area contributed by atoms with E-state index in [9.17, 15) is 9.90 Å². The number of carbonyl (C=O) groups excluding carboxylic acids is 1. The summed E-state index contributed by atoms with van der Waals surface area (Å²) in [6.07, 6.45) is 0.510. The summed E-state index contributed by atoms with van der Waals surface area (Å²) in [5, 5.41) is 9.95. The van der Waals surface area contributed by atoms with Crippen LogP contribution in [0.4, 0.5) is 0 Å². The molecule has 4 heteroatoms. The van der Waals surface area contributed by atoms with Crippen molar-refractivity contribution in [2.45, 2.75) is 18.8 Å². The Morgan fingerprint density at radius 3 is 2.45 bits per heavy atom. The van der Waals surface area contributed by atoms with E-state index >= 15 is 0 Å². The standard InChI is InChI=1S/C16H12Cl2O2/c1-16(10-5-3-2-4-6-10)8-9-7-11(19)13(17)14(18)12(9)15(16)20/h2-7,19H,8H2,1H3/t16-/m1/s1. The minimum absolute atomic E-state index is 0.0380. The van der Waals surface area contributed by atoms with E-state index in [1.165, 1.54) is 6.07 Å². The molecule has 0 saturated carbocycles. The van der Waals surface area contributed by atoms with Crippen LogP contribution >= 0.6 is 23.2 Å². The second-order valence-electron chi connectivity index (χ2n) is 5.26. The Morgan fingerprint density at radius 1 is 1.15 bits per heavy atom. The average Bonchev–Trinajstić information content (AvgIpc) is 2.70. The summed E-state index contributed by atoms with van der Waals surface area (Å²) in [6.45, 7) is 1.89. The molecule has 0 aliphatic heterocycles. The van der Waals surface area contributed by atoms with Crippen molar-refractivity contribution in [2.75, 3.05) is 0 Å². The van der Waals surface area contributed by atoms with Crippen LogP contribution in [-0.4, -0.2) is 10.9 Å². The zero-order valence-corrected chi connectivity index (χ0v) is 12.3. The third kappa shape index (κ3) is 1.75. The number of carbonyl (C=O) groups is 1. The summed E-state index contributed by atoms with van der Waals surface area (Å²) in [5.41, 5.74) is 1.45. The Labute approximate surface area is 127 Å². The van der Waals surface area contributed by atoms with Gasteiger partial charge in [0, 0.05) is 5.56 Å². The van der Waals surface area contributed by atoms with Gasteiger partial charge in [0.05, 0.1) is 10.4 Å². The molecule has 1 atom stereocenters. The van der Waals surface area contributed by atoms with Crippen LogP contribution in [0, 0.1) is 0 Å². The SMILES string of the molecule is C[C@]1(c2ccccc2)Cc2cc(O)c(Cl)c(Cl)c2C1=O. The van der Waals surface area contributed by atoms with Crippen molar-refractivity contribution in [1.29, 1.82) is 0 Å². The summed E-state index contributed by atoms with van der Waals surface area (Å²) in [5.74, 6) is -0.133. The molecule has 2 aromatic carbocycles. The molecular weight excluding hydrogens is 295 g/mol. The molecule has 1 N–H and O–H groups in total. The molecule has 0 radical (unpaired) electrons. The molecule has 2 aromatic rings. The lowest BCUT2D eigenvalue weighted by molar-refractivity contribution is 0.0915. The average molecular weight is 307 g/mol. The smallest absolute Gasteiger partial charge is 0.175 e. The molecular formula is C16H12Cl2O2. The Bertz CT molecular complexity index is 710. The molecule has 3 rings (SSSR count). The van der Waals surface area contributed by atoms with Gasteiger partial charge < -0.3 is 5.11 Å². The number of ketones is 1. The van der Waals surface area contributed by atoms with E-state index in [-0.39, 0.29) is 21.6 Å². The van der Waals surface area contributed by atoms with Crippen LogP contribution in [-0.2, 0) is 11.8 Å². The van der Waals surface area contributed by atoms with Crippen LogP contribution in [0.15, 0.2) is 36.4 Å². The Kier molecular flexibility index (Phi) is 3.03. The van der Waals surface area contributed by atoms with E-state index in [1.807, 2.05) is 37.3 Å². The predicted molar refractivity (Wildman–Crippen MR) is 80.0 cm³/mol. The predicted octanol–water partition coefficient (Wildman–Crippen LogP) is 4.40. The molecule has 2 nitrogen and oxygen atoms in total. The molecule has 1 aliphatic carbocycles. The minimum Gasteiger partial charge on any atom is -0.506 e. The third-order valence-corrected chi connectivity index (χ3v) is 4.81. The largest absolute Gasteiger partial charge is 0.506 e. The van der Waals surface area contributed by atoms with Crippen molar-refractivity contribution in [3.05, 3.63) is 63.1 Å². The van der Waals surface area contributed by atoms with Crippen LogP contribution < -0.4 is 0 Å². The Hall–Kier alpha value is -1.51. The first-order valence-electron chi connectivity index (χ1n) is 6.25. The van der Waals surface area contributed by atoms with E-state index in [1.54, 1.807) is 0 Å². The maximum absolute atomic E-state index is 12.8. The number of phenolic OH excluding ortho intramolecular Hbond substituents is 1. The molecule has 0 bridgehead atoms. The summed E-state index contributed by atoms with van der Waals surface area (Å²) in [4.78, 5) is 12.8. The number of rotatable bonds is 1. The normalized spacial score (nSPS) is 21.1. The number of aromatic hydroxyl groups is 1. The number of benzene rings is 2. The highest BCUT2D eigenvalue weighted by atomic mass is 35.5.